The Balaban J connectivity index is 1.57. The van der Waals surface area contributed by atoms with Crippen molar-refractivity contribution in [3.63, 3.8) is 0 Å². The number of aromatic nitrogens is 4. The molecule has 0 amide bonds. The van der Waals surface area contributed by atoms with Crippen LogP contribution in [-0.2, 0) is 10.8 Å². The second-order valence-electron chi connectivity index (χ2n) is 12.9. The minimum absolute atomic E-state index is 0.0631. The molecule has 0 unspecified atom stereocenters. The number of pyridine rings is 1. The minimum atomic E-state index is 0.0631. The number of hydrogen-bond donors (Lipinski definition) is 0. The highest BCUT2D eigenvalue weighted by molar-refractivity contribution is 5.98. The van der Waals surface area contributed by atoms with Crippen molar-refractivity contribution >= 4 is 10.8 Å². The van der Waals surface area contributed by atoms with Crippen LogP contribution in [0.15, 0.2) is 109 Å². The van der Waals surface area contributed by atoms with Crippen LogP contribution in [-0.4, -0.2) is 19.9 Å². The van der Waals surface area contributed by atoms with E-state index in [1.54, 1.807) is 0 Å². The van der Waals surface area contributed by atoms with Gasteiger partial charge in [-0.05, 0) is 57.0 Å². The van der Waals surface area contributed by atoms with Crippen LogP contribution in [0.4, 0.5) is 0 Å². The second kappa shape index (κ2) is 10.6. The molecule has 0 atom stereocenters. The third-order valence-electron chi connectivity index (χ3n) is 7.72. The lowest BCUT2D eigenvalue weighted by Crippen LogP contribution is -2.11. The predicted molar refractivity (Wildman–Crippen MR) is 174 cm³/mol. The Labute approximate surface area is 248 Å². The van der Waals surface area contributed by atoms with E-state index in [9.17, 15) is 0 Å². The highest BCUT2D eigenvalue weighted by Gasteiger charge is 2.19. The zero-order chi connectivity index (χ0) is 29.5. The molecule has 4 nitrogen and oxygen atoms in total. The molecule has 0 saturated heterocycles. The Hall–Kier alpha value is -4.70. The van der Waals surface area contributed by atoms with Crippen molar-refractivity contribution in [1.82, 2.24) is 19.9 Å². The van der Waals surface area contributed by atoms with E-state index in [1.165, 1.54) is 11.1 Å². The van der Waals surface area contributed by atoms with Crippen molar-refractivity contribution in [3.05, 3.63) is 120 Å². The lowest BCUT2D eigenvalue weighted by molar-refractivity contribution is 0.590. The molecule has 0 spiro atoms. The fourth-order valence-electron chi connectivity index (χ4n) is 5.17. The first-order valence-electron chi connectivity index (χ1n) is 14.5. The van der Waals surface area contributed by atoms with Crippen LogP contribution in [0.5, 0.6) is 0 Å². The molecule has 208 valence electrons. The molecule has 6 rings (SSSR count). The first kappa shape index (κ1) is 27.5. The van der Waals surface area contributed by atoms with E-state index < -0.39 is 0 Å². The SMILES string of the molecule is CC(C)(C)c1ccc(-c2nc(-c3ccc(C(C)(C)C)cc3)nc(-c3cc(-c4ccccn4)cc4ccccc34)n2)cc1. The lowest BCUT2D eigenvalue weighted by Gasteiger charge is -2.19. The topological polar surface area (TPSA) is 51.6 Å². The number of hydrogen-bond acceptors (Lipinski definition) is 4. The fraction of sp³-hybridized carbons (Fsp3) is 0.211. The van der Waals surface area contributed by atoms with Crippen molar-refractivity contribution in [3.8, 4) is 45.4 Å². The van der Waals surface area contributed by atoms with Crippen molar-refractivity contribution in [1.29, 1.82) is 0 Å². The largest absolute Gasteiger partial charge is 0.256 e. The summed E-state index contributed by atoms with van der Waals surface area (Å²) in [5.74, 6) is 1.95. The monoisotopic (exact) mass is 548 g/mol. The summed E-state index contributed by atoms with van der Waals surface area (Å²) in [6, 6.07) is 35.9. The molecular weight excluding hydrogens is 512 g/mol. The van der Waals surface area contributed by atoms with Gasteiger partial charge in [0.2, 0.25) is 0 Å². The Bertz CT molecular complexity index is 1780. The molecule has 0 fully saturated rings. The molecule has 0 N–H and O–H groups in total. The van der Waals surface area contributed by atoms with Crippen LogP contribution in [0, 0.1) is 0 Å². The minimum Gasteiger partial charge on any atom is -0.256 e. The van der Waals surface area contributed by atoms with Gasteiger partial charge in [-0.3, -0.25) is 4.98 Å². The zero-order valence-corrected chi connectivity index (χ0v) is 25.2. The van der Waals surface area contributed by atoms with Crippen LogP contribution in [0.25, 0.3) is 56.2 Å². The van der Waals surface area contributed by atoms with Crippen molar-refractivity contribution in [2.24, 2.45) is 0 Å². The molecule has 0 aliphatic rings. The van der Waals surface area contributed by atoms with Gasteiger partial charge < -0.3 is 0 Å². The number of nitrogens with zero attached hydrogens (tertiary/aromatic N) is 4. The summed E-state index contributed by atoms with van der Waals surface area (Å²) >= 11 is 0. The number of rotatable bonds is 4. The van der Waals surface area contributed by atoms with Gasteiger partial charge in [0, 0.05) is 28.5 Å². The molecule has 0 aliphatic heterocycles. The first-order chi connectivity index (χ1) is 20.1. The van der Waals surface area contributed by atoms with E-state index >= 15 is 0 Å². The third-order valence-corrected chi connectivity index (χ3v) is 7.72. The lowest BCUT2D eigenvalue weighted by atomic mass is 9.86. The van der Waals surface area contributed by atoms with E-state index in [1.807, 2.05) is 24.4 Å². The van der Waals surface area contributed by atoms with E-state index in [0.717, 1.165) is 38.7 Å². The van der Waals surface area contributed by atoms with Gasteiger partial charge in [0.05, 0.1) is 5.69 Å². The molecule has 0 saturated carbocycles. The maximum absolute atomic E-state index is 5.09. The maximum Gasteiger partial charge on any atom is 0.164 e. The number of fused-ring (bicyclic) bond motifs is 1. The van der Waals surface area contributed by atoms with E-state index in [2.05, 4.69) is 131 Å². The fourth-order valence-corrected chi connectivity index (χ4v) is 5.17. The molecule has 42 heavy (non-hydrogen) atoms. The highest BCUT2D eigenvalue weighted by atomic mass is 15.0. The van der Waals surface area contributed by atoms with Gasteiger partial charge in [0.1, 0.15) is 0 Å². The van der Waals surface area contributed by atoms with Crippen LogP contribution >= 0.6 is 0 Å². The Morgan fingerprint density at radius 2 is 1.00 bits per heavy atom. The van der Waals surface area contributed by atoms with Crippen LogP contribution in [0.3, 0.4) is 0 Å². The van der Waals surface area contributed by atoms with Gasteiger partial charge in [0.15, 0.2) is 17.5 Å². The van der Waals surface area contributed by atoms with Gasteiger partial charge in [-0.15, -0.1) is 0 Å². The molecule has 2 aromatic heterocycles. The summed E-state index contributed by atoms with van der Waals surface area (Å²) in [4.78, 5) is 19.8. The first-order valence-corrected chi connectivity index (χ1v) is 14.5. The molecule has 4 aromatic carbocycles. The molecule has 0 radical (unpaired) electrons. The normalized spacial score (nSPS) is 12.0. The van der Waals surface area contributed by atoms with Crippen LogP contribution < -0.4 is 0 Å². The van der Waals surface area contributed by atoms with Gasteiger partial charge in [-0.1, -0.05) is 120 Å². The molecule has 4 heteroatoms. The van der Waals surface area contributed by atoms with E-state index in [-0.39, 0.29) is 10.8 Å². The molecule has 6 aromatic rings. The van der Waals surface area contributed by atoms with Crippen LogP contribution in [0.2, 0.25) is 0 Å². The second-order valence-corrected chi connectivity index (χ2v) is 12.9. The standard InChI is InChI=1S/C38H36N4/c1-37(2,3)29-18-14-25(15-19-29)34-40-35(26-16-20-30(21-17-26)38(4,5)6)42-36(41-34)32-24-28(33-13-9-10-22-39-33)23-27-11-7-8-12-31(27)32/h7-24H,1-6H3. The molecule has 2 heterocycles. The Morgan fingerprint density at radius 3 is 1.52 bits per heavy atom. The summed E-state index contributed by atoms with van der Waals surface area (Å²) < 4.78 is 0. The molecule has 0 aliphatic carbocycles. The van der Waals surface area contributed by atoms with Crippen molar-refractivity contribution < 1.29 is 0 Å². The van der Waals surface area contributed by atoms with Crippen molar-refractivity contribution in [2.75, 3.05) is 0 Å². The Morgan fingerprint density at radius 1 is 0.476 bits per heavy atom. The van der Waals surface area contributed by atoms with Crippen molar-refractivity contribution in [2.45, 2.75) is 52.4 Å². The van der Waals surface area contributed by atoms with Gasteiger partial charge in [0.25, 0.3) is 0 Å². The Kier molecular flexibility index (Phi) is 6.94. The summed E-state index contributed by atoms with van der Waals surface area (Å²) in [6.45, 7) is 13.3. The summed E-state index contributed by atoms with van der Waals surface area (Å²) in [5.41, 5.74) is 7.48. The zero-order valence-electron chi connectivity index (χ0n) is 25.2. The number of benzene rings is 4. The van der Waals surface area contributed by atoms with Gasteiger partial charge in [-0.25, -0.2) is 15.0 Å². The third kappa shape index (κ3) is 5.58. The average Bonchev–Trinajstić information content (AvgIpc) is 3.00. The van der Waals surface area contributed by atoms with E-state index in [4.69, 9.17) is 15.0 Å². The summed E-state index contributed by atoms with van der Waals surface area (Å²) in [5, 5.41) is 2.20. The van der Waals surface area contributed by atoms with E-state index in [0.29, 0.717) is 17.5 Å². The highest BCUT2D eigenvalue weighted by Crippen LogP contribution is 2.34. The average molecular weight is 549 g/mol. The quantitative estimate of drug-likeness (QED) is 0.220. The van der Waals surface area contributed by atoms with Gasteiger partial charge >= 0.3 is 0 Å². The smallest absolute Gasteiger partial charge is 0.164 e. The van der Waals surface area contributed by atoms with Crippen LogP contribution in [0.1, 0.15) is 52.7 Å². The summed E-state index contributed by atoms with van der Waals surface area (Å²) in [6.07, 6.45) is 1.83. The molecular formula is C38H36N4. The summed E-state index contributed by atoms with van der Waals surface area (Å²) in [7, 11) is 0. The van der Waals surface area contributed by atoms with Gasteiger partial charge in [-0.2, -0.15) is 0 Å². The maximum atomic E-state index is 5.09. The predicted octanol–water partition coefficient (Wildman–Crippen LogP) is 9.68. The molecule has 0 bridgehead atoms.